The zero-order valence-electron chi connectivity index (χ0n) is 15.9. The highest BCUT2D eigenvalue weighted by Gasteiger charge is 2.15. The van der Waals surface area contributed by atoms with Gasteiger partial charge in [-0.05, 0) is 41.3 Å². The van der Waals surface area contributed by atoms with Gasteiger partial charge >= 0.3 is 0 Å². The zero-order valence-corrected chi connectivity index (χ0v) is 16.7. The quantitative estimate of drug-likeness (QED) is 0.626. The molecule has 0 fully saturated rings. The Morgan fingerprint density at radius 2 is 1.46 bits per heavy atom. The highest BCUT2D eigenvalue weighted by Crippen LogP contribution is 2.30. The van der Waals surface area contributed by atoms with E-state index in [9.17, 15) is 8.42 Å². The van der Waals surface area contributed by atoms with Crippen LogP contribution in [0.15, 0.2) is 77.7 Å². The summed E-state index contributed by atoms with van der Waals surface area (Å²) in [7, 11) is -0.445. The molecule has 146 valence electrons. The fourth-order valence-electron chi connectivity index (χ4n) is 3.01. The van der Waals surface area contributed by atoms with Gasteiger partial charge in [0.25, 0.3) is 0 Å². The minimum Gasteiger partial charge on any atom is -0.493 e. The highest BCUT2D eigenvalue weighted by atomic mass is 32.2. The van der Waals surface area contributed by atoms with Gasteiger partial charge in [0.2, 0.25) is 10.0 Å². The lowest BCUT2D eigenvalue weighted by atomic mass is 10.1. The van der Waals surface area contributed by atoms with Gasteiger partial charge in [-0.1, -0.05) is 54.6 Å². The Bertz CT molecular complexity index is 1020. The number of hydrogen-bond donors (Lipinski definition) is 1. The first-order valence-electron chi connectivity index (χ1n) is 8.90. The van der Waals surface area contributed by atoms with E-state index in [0.717, 1.165) is 16.7 Å². The molecule has 1 N–H and O–H groups in total. The van der Waals surface area contributed by atoms with E-state index in [4.69, 9.17) is 9.47 Å². The van der Waals surface area contributed by atoms with Gasteiger partial charge in [0, 0.05) is 6.54 Å². The summed E-state index contributed by atoms with van der Waals surface area (Å²) in [5.74, 6) is 1.25. The molecule has 5 nitrogen and oxygen atoms in total. The van der Waals surface area contributed by atoms with Gasteiger partial charge in [-0.2, -0.15) is 0 Å². The molecule has 3 aromatic carbocycles. The van der Waals surface area contributed by atoms with E-state index in [2.05, 4.69) is 4.72 Å². The van der Waals surface area contributed by atoms with Crippen LogP contribution < -0.4 is 14.2 Å². The molecule has 0 aliphatic heterocycles. The zero-order chi connectivity index (χ0) is 20.0. The number of rotatable bonds is 8. The molecule has 0 aromatic heterocycles. The monoisotopic (exact) mass is 397 g/mol. The Morgan fingerprint density at radius 3 is 2.11 bits per heavy atom. The molecule has 0 radical (unpaired) electrons. The summed E-state index contributed by atoms with van der Waals surface area (Å²) in [6.07, 6.45) is 0.488. The lowest BCUT2D eigenvalue weighted by Gasteiger charge is -2.13. The summed E-state index contributed by atoms with van der Waals surface area (Å²) >= 11 is 0. The minimum atomic E-state index is -3.59. The fraction of sp³-hybridized carbons (Fsp3) is 0.182. The van der Waals surface area contributed by atoms with E-state index in [-0.39, 0.29) is 11.4 Å². The predicted molar refractivity (Wildman–Crippen MR) is 110 cm³/mol. The van der Waals surface area contributed by atoms with Crippen molar-refractivity contribution in [3.05, 3.63) is 78.4 Å². The van der Waals surface area contributed by atoms with Crippen molar-refractivity contribution in [3.8, 4) is 22.6 Å². The van der Waals surface area contributed by atoms with Gasteiger partial charge in [0.05, 0.1) is 19.1 Å². The third-order valence-corrected chi connectivity index (χ3v) is 5.92. The van der Waals surface area contributed by atoms with Gasteiger partial charge in [0.15, 0.2) is 11.5 Å². The SMILES string of the molecule is COc1cccc(CCNS(=O)(=O)c2ccc(-c3ccccc3)cc2)c1OC. The van der Waals surface area contributed by atoms with Crippen molar-refractivity contribution in [1.29, 1.82) is 0 Å². The Labute approximate surface area is 166 Å². The third kappa shape index (κ3) is 4.52. The number of nitrogens with one attached hydrogen (secondary N) is 1. The molecule has 0 unspecified atom stereocenters. The molecule has 3 rings (SSSR count). The molecule has 6 heteroatoms. The second-order valence-corrected chi connectivity index (χ2v) is 7.96. The molecule has 0 atom stereocenters. The highest BCUT2D eigenvalue weighted by molar-refractivity contribution is 7.89. The lowest BCUT2D eigenvalue weighted by molar-refractivity contribution is 0.351. The molecular weight excluding hydrogens is 374 g/mol. The molecule has 0 bridgehead atoms. The maximum Gasteiger partial charge on any atom is 0.240 e. The molecule has 0 amide bonds. The smallest absolute Gasteiger partial charge is 0.240 e. The Kier molecular flexibility index (Phi) is 6.34. The van der Waals surface area contributed by atoms with E-state index in [0.29, 0.717) is 17.9 Å². The van der Waals surface area contributed by atoms with E-state index in [1.54, 1.807) is 32.4 Å². The van der Waals surface area contributed by atoms with Crippen LogP contribution in [-0.2, 0) is 16.4 Å². The second-order valence-electron chi connectivity index (χ2n) is 6.19. The summed E-state index contributed by atoms with van der Waals surface area (Å²) < 4.78 is 38.5. The average molecular weight is 397 g/mol. The van der Waals surface area contributed by atoms with Crippen LogP contribution in [0.25, 0.3) is 11.1 Å². The molecule has 0 aliphatic carbocycles. The fourth-order valence-corrected chi connectivity index (χ4v) is 4.04. The number of hydrogen-bond acceptors (Lipinski definition) is 4. The molecular formula is C22H23NO4S. The Hall–Kier alpha value is -2.83. The third-order valence-electron chi connectivity index (χ3n) is 4.44. The maximum atomic E-state index is 12.6. The van der Waals surface area contributed by atoms with E-state index in [1.165, 1.54) is 0 Å². The van der Waals surface area contributed by atoms with Gasteiger partial charge < -0.3 is 9.47 Å². The van der Waals surface area contributed by atoms with Crippen LogP contribution in [0.2, 0.25) is 0 Å². The normalized spacial score (nSPS) is 11.2. The van der Waals surface area contributed by atoms with Crippen LogP contribution >= 0.6 is 0 Å². The van der Waals surface area contributed by atoms with Crippen LogP contribution in [0.3, 0.4) is 0 Å². The number of sulfonamides is 1. The standard InChI is InChI=1S/C22H23NO4S/c1-26-21-10-6-9-19(22(21)27-2)15-16-23-28(24,25)20-13-11-18(12-14-20)17-7-4-3-5-8-17/h3-14,23H,15-16H2,1-2H3. The summed E-state index contributed by atoms with van der Waals surface area (Å²) in [5, 5.41) is 0. The molecule has 0 heterocycles. The van der Waals surface area contributed by atoms with E-state index in [1.807, 2.05) is 54.6 Å². The molecule has 0 spiro atoms. The summed E-state index contributed by atoms with van der Waals surface area (Å²) in [6, 6.07) is 22.3. The number of methoxy groups -OCH3 is 2. The summed E-state index contributed by atoms with van der Waals surface area (Å²) in [5.41, 5.74) is 2.90. The Balaban J connectivity index is 1.68. The summed E-state index contributed by atoms with van der Waals surface area (Å²) in [4.78, 5) is 0.241. The first kappa shape index (κ1) is 19.9. The number of para-hydroxylation sites is 1. The first-order valence-corrected chi connectivity index (χ1v) is 10.4. The van der Waals surface area contributed by atoms with Crippen molar-refractivity contribution >= 4 is 10.0 Å². The number of benzene rings is 3. The van der Waals surface area contributed by atoms with Crippen LogP contribution in [0.4, 0.5) is 0 Å². The lowest BCUT2D eigenvalue weighted by Crippen LogP contribution is -2.26. The van der Waals surface area contributed by atoms with Crippen molar-refractivity contribution in [3.63, 3.8) is 0 Å². The van der Waals surface area contributed by atoms with Crippen molar-refractivity contribution in [2.24, 2.45) is 0 Å². The van der Waals surface area contributed by atoms with Crippen LogP contribution in [0, 0.1) is 0 Å². The average Bonchev–Trinajstić information content (AvgIpc) is 2.74. The van der Waals surface area contributed by atoms with Crippen molar-refractivity contribution in [1.82, 2.24) is 4.72 Å². The largest absolute Gasteiger partial charge is 0.493 e. The van der Waals surface area contributed by atoms with Gasteiger partial charge in [-0.3, -0.25) is 0 Å². The van der Waals surface area contributed by atoms with E-state index >= 15 is 0 Å². The molecule has 0 saturated heterocycles. The minimum absolute atomic E-state index is 0.241. The molecule has 0 saturated carbocycles. The van der Waals surface area contributed by atoms with Gasteiger partial charge in [-0.25, -0.2) is 13.1 Å². The number of ether oxygens (including phenoxy) is 2. The first-order chi connectivity index (χ1) is 13.5. The van der Waals surface area contributed by atoms with Gasteiger partial charge in [0.1, 0.15) is 0 Å². The second kappa shape index (κ2) is 8.91. The molecule has 0 aliphatic rings. The van der Waals surface area contributed by atoms with Crippen LogP contribution in [0.5, 0.6) is 11.5 Å². The maximum absolute atomic E-state index is 12.6. The predicted octanol–water partition coefficient (Wildman–Crippen LogP) is 3.89. The van der Waals surface area contributed by atoms with E-state index < -0.39 is 10.0 Å². The van der Waals surface area contributed by atoms with Crippen molar-refractivity contribution < 1.29 is 17.9 Å². The molecule has 3 aromatic rings. The van der Waals surface area contributed by atoms with Crippen LogP contribution in [0.1, 0.15) is 5.56 Å². The summed E-state index contributed by atoms with van der Waals surface area (Å²) in [6.45, 7) is 0.256. The topological polar surface area (TPSA) is 64.6 Å². The Morgan fingerprint density at radius 1 is 0.786 bits per heavy atom. The van der Waals surface area contributed by atoms with Crippen molar-refractivity contribution in [2.75, 3.05) is 20.8 Å². The molecule has 28 heavy (non-hydrogen) atoms. The van der Waals surface area contributed by atoms with Crippen LogP contribution in [-0.4, -0.2) is 29.2 Å². The van der Waals surface area contributed by atoms with Gasteiger partial charge in [-0.15, -0.1) is 0 Å². The van der Waals surface area contributed by atoms with Crippen molar-refractivity contribution in [2.45, 2.75) is 11.3 Å².